The molecule has 1 aliphatic heterocycles. The van der Waals surface area contributed by atoms with Crippen molar-refractivity contribution >= 4 is 45.1 Å². The number of hydrogen-bond acceptors (Lipinski definition) is 11. The number of carbonyl (C=O) groups excluding carboxylic acids is 3. The number of benzene rings is 2. The Bertz CT molecular complexity index is 1720. The smallest absolute Gasteiger partial charge is 0.350 e. The Balaban J connectivity index is 1.67. The standard InChI is InChI=1S/C29H26N2O9S/c1-5-38-19-12-15(10-11-17(19)32)22-21(23(33)20-13-16-8-7-9-18(37-4)25(16)40-20)24(34)27(35)31(22)29-30-14(3)26(41-29)28(36)39-6-2/h7-13,22,32,34H,5-6H2,1-4H3. The number of aromatic hydroxyl groups is 1. The minimum Gasteiger partial charge on any atom is -0.504 e. The van der Waals surface area contributed by atoms with Gasteiger partial charge in [0.25, 0.3) is 5.91 Å². The number of phenols is 1. The van der Waals surface area contributed by atoms with E-state index in [4.69, 9.17) is 18.6 Å². The van der Waals surface area contributed by atoms with Gasteiger partial charge in [-0.25, -0.2) is 9.78 Å². The number of aryl methyl sites for hydroxylation is 1. The van der Waals surface area contributed by atoms with Gasteiger partial charge in [-0.3, -0.25) is 14.5 Å². The lowest BCUT2D eigenvalue weighted by atomic mass is 9.95. The second-order valence-corrected chi connectivity index (χ2v) is 9.93. The van der Waals surface area contributed by atoms with Crippen LogP contribution in [0.5, 0.6) is 17.2 Å². The van der Waals surface area contributed by atoms with Gasteiger partial charge in [-0.05, 0) is 50.6 Å². The molecule has 11 nitrogen and oxygen atoms in total. The summed E-state index contributed by atoms with van der Waals surface area (Å²) in [5.41, 5.74) is 0.714. The molecule has 0 aliphatic carbocycles. The van der Waals surface area contributed by atoms with Gasteiger partial charge < -0.3 is 28.8 Å². The lowest BCUT2D eigenvalue weighted by Crippen LogP contribution is -2.31. The number of hydrogen-bond donors (Lipinski definition) is 2. The fourth-order valence-electron chi connectivity index (χ4n) is 4.63. The highest BCUT2D eigenvalue weighted by Crippen LogP contribution is 2.46. The van der Waals surface area contributed by atoms with E-state index in [1.807, 2.05) is 0 Å². The second-order valence-electron chi connectivity index (χ2n) is 8.95. The van der Waals surface area contributed by atoms with Gasteiger partial charge in [-0.1, -0.05) is 29.5 Å². The van der Waals surface area contributed by atoms with Crippen LogP contribution in [-0.2, 0) is 9.53 Å². The van der Waals surface area contributed by atoms with Crippen LogP contribution in [0.1, 0.15) is 51.4 Å². The van der Waals surface area contributed by atoms with Crippen molar-refractivity contribution in [3.05, 3.63) is 75.7 Å². The molecule has 5 rings (SSSR count). The molecule has 0 saturated heterocycles. The molecule has 1 amide bonds. The molecule has 0 radical (unpaired) electrons. The van der Waals surface area contributed by atoms with E-state index in [1.165, 1.54) is 31.4 Å². The van der Waals surface area contributed by atoms with E-state index in [-0.39, 0.29) is 46.1 Å². The van der Waals surface area contributed by atoms with Crippen molar-refractivity contribution in [2.24, 2.45) is 0 Å². The molecule has 0 fully saturated rings. The highest BCUT2D eigenvalue weighted by Gasteiger charge is 2.47. The number of Topliss-reactive ketones (excluding diaryl/α,β-unsaturated/α-hetero) is 1. The monoisotopic (exact) mass is 578 g/mol. The molecule has 2 aromatic carbocycles. The van der Waals surface area contributed by atoms with E-state index < -0.39 is 29.5 Å². The normalized spacial score (nSPS) is 15.1. The van der Waals surface area contributed by atoms with Crippen molar-refractivity contribution in [2.75, 3.05) is 25.2 Å². The summed E-state index contributed by atoms with van der Waals surface area (Å²) in [6.45, 7) is 5.39. The van der Waals surface area contributed by atoms with Gasteiger partial charge in [0.05, 0.1) is 37.6 Å². The number of aromatic nitrogens is 1. The number of carbonyl (C=O) groups is 3. The Kier molecular flexibility index (Phi) is 7.41. The zero-order valence-electron chi connectivity index (χ0n) is 22.6. The number of ether oxygens (including phenoxy) is 3. The zero-order valence-corrected chi connectivity index (χ0v) is 23.4. The second kappa shape index (κ2) is 11.0. The predicted molar refractivity (Wildman–Crippen MR) is 149 cm³/mol. The molecule has 3 heterocycles. The Morgan fingerprint density at radius 2 is 1.88 bits per heavy atom. The third-order valence-electron chi connectivity index (χ3n) is 6.46. The zero-order chi connectivity index (χ0) is 29.4. The minimum absolute atomic E-state index is 0.0622. The van der Waals surface area contributed by atoms with Crippen molar-refractivity contribution in [3.8, 4) is 17.2 Å². The van der Waals surface area contributed by atoms with E-state index in [0.29, 0.717) is 28.0 Å². The SMILES string of the molecule is CCOC(=O)c1sc(N2C(=O)C(O)=C(C(=O)c3cc4cccc(OC)c4o3)C2c2ccc(O)c(OCC)c2)nc1C. The molecular weight excluding hydrogens is 552 g/mol. The molecular formula is C29H26N2O9S. The van der Waals surface area contributed by atoms with Crippen molar-refractivity contribution in [1.82, 2.24) is 4.98 Å². The number of aliphatic hydroxyl groups is 1. The number of methoxy groups -OCH3 is 1. The maximum Gasteiger partial charge on any atom is 0.350 e. The summed E-state index contributed by atoms with van der Waals surface area (Å²) in [6.07, 6.45) is 0. The molecule has 212 valence electrons. The molecule has 1 unspecified atom stereocenters. The molecule has 4 aromatic rings. The van der Waals surface area contributed by atoms with Gasteiger partial charge in [0.2, 0.25) is 5.78 Å². The van der Waals surface area contributed by atoms with Crippen molar-refractivity contribution in [3.63, 3.8) is 0 Å². The Labute approximate surface area is 238 Å². The largest absolute Gasteiger partial charge is 0.504 e. The molecule has 0 bridgehead atoms. The Hall–Kier alpha value is -4.84. The van der Waals surface area contributed by atoms with Crippen LogP contribution < -0.4 is 14.4 Å². The maximum absolute atomic E-state index is 14.0. The van der Waals surface area contributed by atoms with Gasteiger partial charge in [-0.15, -0.1) is 0 Å². The number of nitrogens with zero attached hydrogens (tertiary/aromatic N) is 2. The average Bonchev–Trinajstić information content (AvgIpc) is 3.63. The highest BCUT2D eigenvalue weighted by atomic mass is 32.1. The molecule has 0 saturated carbocycles. The van der Waals surface area contributed by atoms with E-state index in [1.54, 1.807) is 39.0 Å². The fraction of sp³-hybridized carbons (Fsp3) is 0.241. The van der Waals surface area contributed by atoms with Crippen LogP contribution >= 0.6 is 11.3 Å². The number of thiazole rings is 1. The van der Waals surface area contributed by atoms with Crippen molar-refractivity contribution in [2.45, 2.75) is 26.8 Å². The molecule has 2 N–H and O–H groups in total. The minimum atomic E-state index is -1.20. The summed E-state index contributed by atoms with van der Waals surface area (Å²) in [5.74, 6) is -2.80. The number of ketones is 1. The number of phenolic OH excluding ortho intramolecular Hbond substituents is 1. The first-order valence-corrected chi connectivity index (χ1v) is 13.5. The van der Waals surface area contributed by atoms with Crippen LogP contribution in [0.25, 0.3) is 11.0 Å². The van der Waals surface area contributed by atoms with E-state index in [2.05, 4.69) is 4.98 Å². The number of esters is 1. The quantitative estimate of drug-likeness (QED) is 0.199. The number of fused-ring (bicyclic) bond motifs is 1. The van der Waals surface area contributed by atoms with Crippen molar-refractivity contribution in [1.29, 1.82) is 0 Å². The van der Waals surface area contributed by atoms with E-state index >= 15 is 0 Å². The Morgan fingerprint density at radius 3 is 2.59 bits per heavy atom. The number of anilines is 1. The molecule has 2 aromatic heterocycles. The fourth-order valence-corrected chi connectivity index (χ4v) is 5.62. The highest BCUT2D eigenvalue weighted by molar-refractivity contribution is 7.17. The molecule has 1 atom stereocenters. The van der Waals surface area contributed by atoms with E-state index in [0.717, 1.165) is 16.2 Å². The summed E-state index contributed by atoms with van der Waals surface area (Å²) in [6, 6.07) is 9.79. The third kappa shape index (κ3) is 4.76. The van der Waals surface area contributed by atoms with Gasteiger partial charge in [0.15, 0.2) is 39.5 Å². The topological polar surface area (TPSA) is 149 Å². The summed E-state index contributed by atoms with van der Waals surface area (Å²) in [4.78, 5) is 45.8. The summed E-state index contributed by atoms with van der Waals surface area (Å²) >= 11 is 0.895. The molecule has 41 heavy (non-hydrogen) atoms. The van der Waals surface area contributed by atoms with Crippen LogP contribution in [-0.4, -0.2) is 53.2 Å². The average molecular weight is 579 g/mol. The van der Waals surface area contributed by atoms with Gasteiger partial charge in [0, 0.05) is 5.39 Å². The first kappa shape index (κ1) is 27.7. The Morgan fingerprint density at radius 1 is 1.10 bits per heavy atom. The third-order valence-corrected chi connectivity index (χ3v) is 7.59. The molecule has 0 spiro atoms. The van der Waals surface area contributed by atoms with Crippen LogP contribution in [0.2, 0.25) is 0 Å². The first-order valence-electron chi connectivity index (χ1n) is 12.7. The van der Waals surface area contributed by atoms with Gasteiger partial charge in [0.1, 0.15) is 4.88 Å². The first-order chi connectivity index (χ1) is 19.7. The van der Waals surface area contributed by atoms with Crippen LogP contribution in [0.3, 0.4) is 0 Å². The maximum atomic E-state index is 14.0. The number of para-hydroxylation sites is 1. The molecule has 1 aliphatic rings. The number of furan rings is 1. The molecule has 12 heteroatoms. The lowest BCUT2D eigenvalue weighted by molar-refractivity contribution is -0.117. The van der Waals surface area contributed by atoms with Gasteiger partial charge >= 0.3 is 5.97 Å². The predicted octanol–water partition coefficient (Wildman–Crippen LogP) is 5.27. The summed E-state index contributed by atoms with van der Waals surface area (Å²) in [7, 11) is 1.47. The summed E-state index contributed by atoms with van der Waals surface area (Å²) < 4.78 is 21.8. The number of aliphatic hydroxyl groups excluding tert-OH is 1. The van der Waals surface area contributed by atoms with Crippen LogP contribution in [0.4, 0.5) is 5.13 Å². The summed E-state index contributed by atoms with van der Waals surface area (Å²) in [5, 5.41) is 22.1. The number of amides is 1. The lowest BCUT2D eigenvalue weighted by Gasteiger charge is -2.24. The number of rotatable bonds is 9. The van der Waals surface area contributed by atoms with E-state index in [9.17, 15) is 24.6 Å². The van der Waals surface area contributed by atoms with Gasteiger partial charge in [-0.2, -0.15) is 0 Å². The van der Waals surface area contributed by atoms with Crippen LogP contribution in [0.15, 0.2) is 58.2 Å². The van der Waals surface area contributed by atoms with Crippen LogP contribution in [0, 0.1) is 6.92 Å². The van der Waals surface area contributed by atoms with Crippen molar-refractivity contribution < 1.29 is 43.2 Å².